The fraction of sp³-hybridized carbons (Fsp3) is 0.364. The first kappa shape index (κ1) is 11.4. The highest BCUT2D eigenvalue weighted by Crippen LogP contribution is 2.17. The van der Waals surface area contributed by atoms with Gasteiger partial charge in [-0.25, -0.2) is 4.79 Å². The largest absolute Gasteiger partial charge is 0.481 e. The summed E-state index contributed by atoms with van der Waals surface area (Å²) in [4.78, 5) is 27.7. The highest BCUT2D eigenvalue weighted by molar-refractivity contribution is 5.90. The Kier molecular flexibility index (Phi) is 2.95. The van der Waals surface area contributed by atoms with Crippen molar-refractivity contribution in [2.45, 2.75) is 6.92 Å². The van der Waals surface area contributed by atoms with E-state index in [0.29, 0.717) is 5.69 Å². The second-order valence-electron chi connectivity index (χ2n) is 4.12. The van der Waals surface area contributed by atoms with E-state index in [1.807, 2.05) is 6.92 Å². The molecular weight excluding hydrogens is 222 g/mol. The molecule has 1 aliphatic rings. The van der Waals surface area contributed by atoms with E-state index in [4.69, 9.17) is 5.11 Å². The minimum Gasteiger partial charge on any atom is -0.481 e. The van der Waals surface area contributed by atoms with Gasteiger partial charge in [-0.15, -0.1) is 0 Å². The molecule has 0 aromatic carbocycles. The number of likely N-dealkylation sites (tertiary alicyclic amines) is 1. The van der Waals surface area contributed by atoms with Crippen LogP contribution in [0.1, 0.15) is 5.56 Å². The predicted octanol–water partition coefficient (Wildman–Crippen LogP) is 0.938. The van der Waals surface area contributed by atoms with Gasteiger partial charge in [0.05, 0.1) is 17.8 Å². The van der Waals surface area contributed by atoms with E-state index < -0.39 is 11.9 Å². The van der Waals surface area contributed by atoms with Gasteiger partial charge in [0, 0.05) is 19.3 Å². The molecule has 0 radical (unpaired) electrons. The lowest BCUT2D eigenvalue weighted by atomic mass is 10.0. The number of aromatic nitrogens is 1. The topological polar surface area (TPSA) is 82.5 Å². The van der Waals surface area contributed by atoms with E-state index in [-0.39, 0.29) is 19.1 Å². The maximum Gasteiger partial charge on any atom is 0.321 e. The lowest BCUT2D eigenvalue weighted by molar-refractivity contribution is -0.145. The number of hydrogen-bond acceptors (Lipinski definition) is 3. The van der Waals surface area contributed by atoms with Gasteiger partial charge >= 0.3 is 12.0 Å². The van der Waals surface area contributed by atoms with Gasteiger partial charge in [0.25, 0.3) is 0 Å². The first-order valence-corrected chi connectivity index (χ1v) is 5.26. The summed E-state index contributed by atoms with van der Waals surface area (Å²) >= 11 is 0. The number of amides is 2. The molecule has 1 saturated heterocycles. The number of nitrogens with one attached hydrogen (secondary N) is 1. The number of carbonyl (C=O) groups excluding carboxylic acids is 1. The summed E-state index contributed by atoms with van der Waals surface area (Å²) in [5.41, 5.74) is 1.57. The maximum atomic E-state index is 11.7. The van der Waals surface area contributed by atoms with E-state index in [1.54, 1.807) is 18.5 Å². The summed E-state index contributed by atoms with van der Waals surface area (Å²) < 4.78 is 0. The average Bonchev–Trinajstić information content (AvgIpc) is 2.13. The Labute approximate surface area is 98.3 Å². The Morgan fingerprint density at radius 2 is 2.18 bits per heavy atom. The number of rotatable bonds is 2. The third-order valence-electron chi connectivity index (χ3n) is 2.64. The van der Waals surface area contributed by atoms with Crippen molar-refractivity contribution in [3.05, 3.63) is 24.0 Å². The summed E-state index contributed by atoms with van der Waals surface area (Å²) in [6.07, 6.45) is 3.25. The summed E-state index contributed by atoms with van der Waals surface area (Å²) in [6, 6.07) is 1.52. The summed E-state index contributed by atoms with van der Waals surface area (Å²) in [5.74, 6) is -1.29. The molecule has 0 bridgehead atoms. The number of aryl methyl sites for hydroxylation is 1. The molecule has 2 heterocycles. The molecule has 0 atom stereocenters. The van der Waals surface area contributed by atoms with Crippen molar-refractivity contribution in [3.8, 4) is 0 Å². The zero-order chi connectivity index (χ0) is 12.4. The molecule has 17 heavy (non-hydrogen) atoms. The smallest absolute Gasteiger partial charge is 0.321 e. The van der Waals surface area contributed by atoms with Crippen molar-refractivity contribution >= 4 is 17.7 Å². The van der Waals surface area contributed by atoms with Gasteiger partial charge < -0.3 is 15.3 Å². The molecule has 6 heteroatoms. The lowest BCUT2D eigenvalue weighted by Gasteiger charge is -2.36. The van der Waals surface area contributed by atoms with Crippen LogP contribution in [0.15, 0.2) is 18.5 Å². The van der Waals surface area contributed by atoms with Crippen LogP contribution in [0.4, 0.5) is 10.5 Å². The van der Waals surface area contributed by atoms with Crippen LogP contribution in [-0.4, -0.2) is 40.1 Å². The van der Waals surface area contributed by atoms with Gasteiger partial charge in [0.1, 0.15) is 0 Å². The zero-order valence-electron chi connectivity index (χ0n) is 9.38. The number of urea groups is 1. The molecular formula is C11H13N3O3. The third-order valence-corrected chi connectivity index (χ3v) is 2.64. The average molecular weight is 235 g/mol. The monoisotopic (exact) mass is 235 g/mol. The molecule has 1 aromatic heterocycles. The molecule has 0 unspecified atom stereocenters. The number of carboxylic acid groups (broad SMARTS) is 1. The van der Waals surface area contributed by atoms with E-state index >= 15 is 0 Å². The number of carboxylic acids is 1. The Morgan fingerprint density at radius 1 is 1.47 bits per heavy atom. The first-order chi connectivity index (χ1) is 8.06. The van der Waals surface area contributed by atoms with Crippen molar-refractivity contribution in [3.63, 3.8) is 0 Å². The van der Waals surface area contributed by atoms with E-state index in [0.717, 1.165) is 5.56 Å². The first-order valence-electron chi connectivity index (χ1n) is 5.26. The number of anilines is 1. The van der Waals surface area contributed by atoms with Crippen molar-refractivity contribution in [1.29, 1.82) is 0 Å². The molecule has 6 nitrogen and oxygen atoms in total. The highest BCUT2D eigenvalue weighted by atomic mass is 16.4. The second-order valence-corrected chi connectivity index (χ2v) is 4.12. The van der Waals surface area contributed by atoms with Crippen molar-refractivity contribution in [2.24, 2.45) is 5.92 Å². The van der Waals surface area contributed by atoms with Crippen LogP contribution in [0.2, 0.25) is 0 Å². The van der Waals surface area contributed by atoms with Gasteiger partial charge in [0.15, 0.2) is 0 Å². The Hall–Kier alpha value is -2.11. The molecule has 1 aliphatic heterocycles. The molecule has 2 N–H and O–H groups in total. The molecule has 0 saturated carbocycles. The van der Waals surface area contributed by atoms with Crippen LogP contribution in [0.25, 0.3) is 0 Å². The fourth-order valence-corrected chi connectivity index (χ4v) is 1.63. The van der Waals surface area contributed by atoms with Crippen molar-refractivity contribution in [2.75, 3.05) is 18.4 Å². The number of hydrogen-bond donors (Lipinski definition) is 2. The van der Waals surface area contributed by atoms with Gasteiger partial charge in [-0.05, 0) is 18.6 Å². The van der Waals surface area contributed by atoms with E-state index in [2.05, 4.69) is 10.3 Å². The maximum absolute atomic E-state index is 11.7. The molecule has 1 fully saturated rings. The SMILES string of the molecule is Cc1cncc(NC(=O)N2CC(C(=O)O)C2)c1. The fourth-order valence-electron chi connectivity index (χ4n) is 1.63. The minimum atomic E-state index is -0.855. The molecule has 0 spiro atoms. The number of nitrogens with zero attached hydrogens (tertiary/aromatic N) is 2. The predicted molar refractivity (Wildman–Crippen MR) is 60.7 cm³/mol. The summed E-state index contributed by atoms with van der Waals surface area (Å²) in [5, 5.41) is 11.4. The normalized spacial score (nSPS) is 15.2. The molecule has 2 rings (SSSR count). The van der Waals surface area contributed by atoms with E-state index in [9.17, 15) is 9.59 Å². The Bertz CT molecular complexity index is 455. The Balaban J connectivity index is 1.89. The second kappa shape index (κ2) is 4.40. The molecule has 2 amide bonds. The minimum absolute atomic E-state index is 0.264. The standard InChI is InChI=1S/C11H13N3O3/c1-7-2-9(4-12-3-7)13-11(17)14-5-8(6-14)10(15)16/h2-4,8H,5-6H2,1H3,(H,13,17)(H,15,16). The lowest BCUT2D eigenvalue weighted by Crippen LogP contribution is -2.54. The highest BCUT2D eigenvalue weighted by Gasteiger charge is 2.35. The van der Waals surface area contributed by atoms with Crippen LogP contribution in [0.3, 0.4) is 0 Å². The van der Waals surface area contributed by atoms with Crippen LogP contribution < -0.4 is 5.32 Å². The van der Waals surface area contributed by atoms with Gasteiger partial charge in [0.2, 0.25) is 0 Å². The van der Waals surface area contributed by atoms with Crippen molar-refractivity contribution in [1.82, 2.24) is 9.88 Å². The number of pyridine rings is 1. The van der Waals surface area contributed by atoms with Gasteiger partial charge in [-0.3, -0.25) is 9.78 Å². The number of carbonyl (C=O) groups is 2. The van der Waals surface area contributed by atoms with Crippen LogP contribution in [0, 0.1) is 12.8 Å². The number of aliphatic carboxylic acids is 1. The van der Waals surface area contributed by atoms with Crippen LogP contribution in [0.5, 0.6) is 0 Å². The Morgan fingerprint density at radius 3 is 2.76 bits per heavy atom. The summed E-state index contributed by atoms with van der Waals surface area (Å²) in [6.45, 7) is 2.41. The van der Waals surface area contributed by atoms with Crippen molar-refractivity contribution < 1.29 is 14.7 Å². The molecule has 0 aliphatic carbocycles. The van der Waals surface area contributed by atoms with Crippen LogP contribution >= 0.6 is 0 Å². The van der Waals surface area contributed by atoms with Gasteiger partial charge in [-0.1, -0.05) is 0 Å². The molecule has 90 valence electrons. The zero-order valence-corrected chi connectivity index (χ0v) is 9.38. The third kappa shape index (κ3) is 2.52. The van der Waals surface area contributed by atoms with E-state index in [1.165, 1.54) is 4.90 Å². The summed E-state index contributed by atoms with van der Waals surface area (Å²) in [7, 11) is 0. The molecule has 1 aromatic rings. The quantitative estimate of drug-likeness (QED) is 0.799. The van der Waals surface area contributed by atoms with Gasteiger partial charge in [-0.2, -0.15) is 0 Å². The van der Waals surface area contributed by atoms with Crippen LogP contribution in [-0.2, 0) is 4.79 Å².